The predicted octanol–water partition coefficient (Wildman–Crippen LogP) is 3.32. The average Bonchev–Trinajstić information content (AvgIpc) is 3.54. The summed E-state index contributed by atoms with van der Waals surface area (Å²) in [6.45, 7) is 8.54. The number of carbonyl (C=O) groups excluding carboxylic acids is 3. The van der Waals surface area contributed by atoms with Crippen molar-refractivity contribution in [3.05, 3.63) is 60.2 Å². The molecule has 9 nitrogen and oxygen atoms in total. The second-order valence-corrected chi connectivity index (χ2v) is 11.6. The first-order valence-electron chi connectivity index (χ1n) is 14.9. The predicted molar refractivity (Wildman–Crippen MR) is 157 cm³/mol. The number of rotatable bonds is 12. The standard InChI is InChI=1S/C32H42N4O5/c1-4-35(5-2)24-15-13-23(14-16-24)34-29(39)27-32-18-17-31(3,41-32)25(26(32)30(40)36(27)19-9-10-20-37)28(38)33-21-22-11-7-6-8-12-22/h6-8,11-16,25-27,37H,4-5,9-10,17-21H2,1-3H3,(H,33,38)(H,34,39)/t25-,26-,27?,31+,32?/m0/s1. The molecule has 3 aliphatic rings. The van der Waals surface area contributed by atoms with Gasteiger partial charge in [0.25, 0.3) is 0 Å². The van der Waals surface area contributed by atoms with Crippen molar-refractivity contribution in [2.45, 2.75) is 70.2 Å². The first-order chi connectivity index (χ1) is 19.8. The number of aliphatic hydroxyl groups is 1. The molecule has 3 N–H and O–H groups in total. The van der Waals surface area contributed by atoms with Crippen LogP contribution >= 0.6 is 0 Å². The van der Waals surface area contributed by atoms with Gasteiger partial charge in [0, 0.05) is 44.2 Å². The van der Waals surface area contributed by atoms with E-state index in [1.165, 1.54) is 0 Å². The van der Waals surface area contributed by atoms with E-state index in [4.69, 9.17) is 4.74 Å². The maximum Gasteiger partial charge on any atom is 0.250 e. The molecule has 3 fully saturated rings. The third kappa shape index (κ3) is 5.21. The highest BCUT2D eigenvalue weighted by atomic mass is 16.5. The fourth-order valence-electron chi connectivity index (χ4n) is 7.21. The normalized spacial score (nSPS) is 28.0. The number of fused-ring (bicyclic) bond motifs is 1. The minimum absolute atomic E-state index is 0.00540. The first kappa shape index (κ1) is 29.1. The maximum absolute atomic E-state index is 14.1. The molecule has 2 bridgehead atoms. The molecule has 2 aromatic carbocycles. The van der Waals surface area contributed by atoms with E-state index in [2.05, 4.69) is 29.4 Å². The molecule has 3 aliphatic heterocycles. The summed E-state index contributed by atoms with van der Waals surface area (Å²) in [5.74, 6) is -2.19. The topological polar surface area (TPSA) is 111 Å². The molecule has 3 amide bonds. The molecular formula is C32H42N4O5. The number of ether oxygens (including phenoxy) is 1. The number of anilines is 2. The van der Waals surface area contributed by atoms with E-state index in [-0.39, 0.29) is 24.3 Å². The third-order valence-corrected chi connectivity index (χ3v) is 9.19. The van der Waals surface area contributed by atoms with E-state index in [0.29, 0.717) is 44.5 Å². The molecule has 1 spiro atoms. The Hall–Kier alpha value is -3.43. The lowest BCUT2D eigenvalue weighted by atomic mass is 9.66. The second-order valence-electron chi connectivity index (χ2n) is 11.6. The Balaban J connectivity index is 1.41. The number of aliphatic hydroxyl groups excluding tert-OH is 1. The molecule has 2 aromatic rings. The van der Waals surface area contributed by atoms with E-state index >= 15 is 0 Å². The highest BCUT2D eigenvalue weighted by Crippen LogP contribution is 2.63. The number of hydrogen-bond acceptors (Lipinski definition) is 6. The van der Waals surface area contributed by atoms with Crippen LogP contribution in [-0.4, -0.2) is 71.2 Å². The summed E-state index contributed by atoms with van der Waals surface area (Å²) >= 11 is 0. The third-order valence-electron chi connectivity index (χ3n) is 9.19. The van der Waals surface area contributed by atoms with Crippen LogP contribution in [0.1, 0.15) is 52.0 Å². The van der Waals surface area contributed by atoms with E-state index in [1.54, 1.807) is 4.90 Å². The number of hydrogen-bond donors (Lipinski definition) is 3. The van der Waals surface area contributed by atoms with Gasteiger partial charge in [-0.1, -0.05) is 30.3 Å². The fourth-order valence-corrected chi connectivity index (χ4v) is 7.21. The van der Waals surface area contributed by atoms with Crippen LogP contribution in [0.5, 0.6) is 0 Å². The van der Waals surface area contributed by atoms with Gasteiger partial charge in [-0.25, -0.2) is 0 Å². The Kier molecular flexibility index (Phi) is 8.38. The Labute approximate surface area is 242 Å². The quantitative estimate of drug-likeness (QED) is 0.342. The van der Waals surface area contributed by atoms with Crippen molar-refractivity contribution < 1.29 is 24.2 Å². The molecule has 0 aromatic heterocycles. The van der Waals surface area contributed by atoms with Crippen molar-refractivity contribution in [3.63, 3.8) is 0 Å². The van der Waals surface area contributed by atoms with Crippen molar-refractivity contribution in [2.75, 3.05) is 36.5 Å². The van der Waals surface area contributed by atoms with Crippen LogP contribution in [0.4, 0.5) is 11.4 Å². The smallest absolute Gasteiger partial charge is 0.250 e. The summed E-state index contributed by atoms with van der Waals surface area (Å²) in [7, 11) is 0. The largest absolute Gasteiger partial charge is 0.396 e. The summed E-state index contributed by atoms with van der Waals surface area (Å²) < 4.78 is 6.68. The molecule has 41 heavy (non-hydrogen) atoms. The van der Waals surface area contributed by atoms with Crippen LogP contribution in [0, 0.1) is 11.8 Å². The van der Waals surface area contributed by atoms with E-state index in [1.807, 2.05) is 61.5 Å². The number of unbranched alkanes of at least 4 members (excludes halogenated alkanes) is 1. The molecular weight excluding hydrogens is 520 g/mol. The number of nitrogens with one attached hydrogen (secondary N) is 2. The molecule has 0 radical (unpaired) electrons. The van der Waals surface area contributed by atoms with Crippen molar-refractivity contribution in [1.29, 1.82) is 0 Å². The average molecular weight is 563 g/mol. The molecule has 3 heterocycles. The van der Waals surface area contributed by atoms with Gasteiger partial charge in [-0.05, 0) is 76.3 Å². The monoisotopic (exact) mass is 562 g/mol. The van der Waals surface area contributed by atoms with Gasteiger partial charge in [0.05, 0.1) is 17.4 Å². The lowest BCUT2D eigenvalue weighted by Crippen LogP contribution is -2.53. The molecule has 0 aliphatic carbocycles. The van der Waals surface area contributed by atoms with E-state index in [9.17, 15) is 19.5 Å². The number of likely N-dealkylation sites (tertiary alicyclic amines) is 1. The van der Waals surface area contributed by atoms with Crippen molar-refractivity contribution in [3.8, 4) is 0 Å². The van der Waals surface area contributed by atoms with Crippen LogP contribution in [0.25, 0.3) is 0 Å². The Morgan fingerprint density at radius 2 is 1.73 bits per heavy atom. The second kappa shape index (κ2) is 11.8. The summed E-state index contributed by atoms with van der Waals surface area (Å²) in [4.78, 5) is 45.6. The summed E-state index contributed by atoms with van der Waals surface area (Å²) in [5, 5.41) is 15.4. The van der Waals surface area contributed by atoms with Gasteiger partial charge in [-0.3, -0.25) is 14.4 Å². The number of carbonyl (C=O) groups is 3. The van der Waals surface area contributed by atoms with Gasteiger partial charge in [-0.2, -0.15) is 0 Å². The van der Waals surface area contributed by atoms with Gasteiger partial charge in [-0.15, -0.1) is 0 Å². The Morgan fingerprint density at radius 3 is 2.39 bits per heavy atom. The van der Waals surface area contributed by atoms with E-state index < -0.39 is 29.1 Å². The van der Waals surface area contributed by atoms with Crippen molar-refractivity contribution >= 4 is 29.1 Å². The SMILES string of the molecule is CCN(CC)c1ccc(NC(=O)C2N(CCCCO)C(=O)[C@@H]3[C@@H](C(=O)NCc4ccccc4)[C@@]4(C)CCC23O4)cc1. The number of benzene rings is 2. The van der Waals surface area contributed by atoms with Crippen LogP contribution in [0.2, 0.25) is 0 Å². The first-order valence-corrected chi connectivity index (χ1v) is 14.9. The lowest BCUT2D eigenvalue weighted by molar-refractivity contribution is -0.144. The minimum atomic E-state index is -1.08. The Morgan fingerprint density at radius 1 is 1.02 bits per heavy atom. The van der Waals surface area contributed by atoms with Gasteiger partial charge >= 0.3 is 0 Å². The zero-order valence-corrected chi connectivity index (χ0v) is 24.3. The number of amides is 3. The minimum Gasteiger partial charge on any atom is -0.396 e. The summed E-state index contributed by atoms with van der Waals surface area (Å²) in [6, 6.07) is 16.5. The lowest BCUT2D eigenvalue weighted by Gasteiger charge is -2.33. The maximum atomic E-state index is 14.1. The van der Waals surface area contributed by atoms with E-state index in [0.717, 1.165) is 24.3 Å². The summed E-state index contributed by atoms with van der Waals surface area (Å²) in [6.07, 6.45) is 2.18. The molecule has 5 rings (SSSR count). The zero-order valence-electron chi connectivity index (χ0n) is 24.3. The molecule has 5 atom stereocenters. The van der Waals surface area contributed by atoms with Crippen LogP contribution in [0.3, 0.4) is 0 Å². The molecule has 2 unspecified atom stereocenters. The van der Waals surface area contributed by atoms with Gasteiger partial charge < -0.3 is 30.3 Å². The zero-order chi connectivity index (χ0) is 29.2. The summed E-state index contributed by atoms with van der Waals surface area (Å²) in [5.41, 5.74) is 0.776. The van der Waals surface area contributed by atoms with Crippen LogP contribution < -0.4 is 15.5 Å². The molecule has 220 valence electrons. The Bertz CT molecular complexity index is 1250. The highest BCUT2D eigenvalue weighted by Gasteiger charge is 2.77. The molecule has 0 saturated carbocycles. The molecule has 3 saturated heterocycles. The van der Waals surface area contributed by atoms with Crippen LogP contribution in [-0.2, 0) is 25.7 Å². The van der Waals surface area contributed by atoms with Gasteiger partial charge in [0.2, 0.25) is 17.7 Å². The number of nitrogens with zero attached hydrogens (tertiary/aromatic N) is 2. The van der Waals surface area contributed by atoms with Gasteiger partial charge in [0.15, 0.2) is 0 Å². The fraction of sp³-hybridized carbons (Fsp3) is 0.531. The molecule has 9 heteroatoms. The van der Waals surface area contributed by atoms with Crippen LogP contribution in [0.15, 0.2) is 54.6 Å². The van der Waals surface area contributed by atoms with Gasteiger partial charge in [0.1, 0.15) is 11.6 Å². The van der Waals surface area contributed by atoms with Crippen molar-refractivity contribution in [1.82, 2.24) is 10.2 Å². The highest BCUT2D eigenvalue weighted by molar-refractivity contribution is 6.03. The van der Waals surface area contributed by atoms with Crippen molar-refractivity contribution in [2.24, 2.45) is 11.8 Å².